The first-order valence-electron chi connectivity index (χ1n) is 7.66. The second kappa shape index (κ2) is 5.72. The van der Waals surface area contributed by atoms with Gasteiger partial charge in [0.2, 0.25) is 0 Å². The van der Waals surface area contributed by atoms with Crippen LogP contribution < -0.4 is 5.32 Å². The van der Waals surface area contributed by atoms with Gasteiger partial charge in [-0.15, -0.1) is 0 Å². The molecule has 19 heavy (non-hydrogen) atoms. The molecule has 2 aliphatic carbocycles. The van der Waals surface area contributed by atoms with Crippen LogP contribution in [0.25, 0.3) is 0 Å². The van der Waals surface area contributed by atoms with E-state index in [0.717, 1.165) is 11.8 Å². The fraction of sp³-hybridized carbons (Fsp3) is 0.647. The summed E-state index contributed by atoms with van der Waals surface area (Å²) in [5.41, 5.74) is 2.08. The smallest absolute Gasteiger partial charge is 0.0130 e. The van der Waals surface area contributed by atoms with Crippen LogP contribution in [0.1, 0.15) is 38.2 Å². The van der Waals surface area contributed by atoms with Crippen molar-refractivity contribution in [3.05, 3.63) is 33.4 Å². The SMILES string of the molecule is CCCNCC1(Cc2ccc(I)cc2)CC2CC2C1. The Bertz CT molecular complexity index is 415. The van der Waals surface area contributed by atoms with Gasteiger partial charge >= 0.3 is 0 Å². The Labute approximate surface area is 130 Å². The molecule has 2 fully saturated rings. The third kappa shape index (κ3) is 3.33. The molecule has 2 heteroatoms. The van der Waals surface area contributed by atoms with Gasteiger partial charge in [-0.25, -0.2) is 0 Å². The highest BCUT2D eigenvalue weighted by atomic mass is 127. The van der Waals surface area contributed by atoms with Crippen LogP contribution in [0.3, 0.4) is 0 Å². The molecule has 0 radical (unpaired) electrons. The minimum absolute atomic E-state index is 0.551. The maximum Gasteiger partial charge on any atom is 0.0130 e. The lowest BCUT2D eigenvalue weighted by molar-refractivity contribution is 0.249. The van der Waals surface area contributed by atoms with E-state index >= 15 is 0 Å². The zero-order valence-corrected chi connectivity index (χ0v) is 13.9. The summed E-state index contributed by atoms with van der Waals surface area (Å²) in [7, 11) is 0. The molecule has 1 nitrogen and oxygen atoms in total. The maximum atomic E-state index is 3.69. The molecule has 2 unspecified atom stereocenters. The number of hydrogen-bond donors (Lipinski definition) is 1. The zero-order chi connectivity index (χ0) is 13.3. The molecule has 104 valence electrons. The van der Waals surface area contributed by atoms with Gasteiger partial charge < -0.3 is 5.32 Å². The summed E-state index contributed by atoms with van der Waals surface area (Å²) in [5.74, 6) is 2.12. The highest BCUT2D eigenvalue weighted by molar-refractivity contribution is 14.1. The molecule has 1 aromatic carbocycles. The summed E-state index contributed by atoms with van der Waals surface area (Å²) in [5, 5.41) is 3.69. The Kier molecular flexibility index (Phi) is 4.18. The van der Waals surface area contributed by atoms with Crippen molar-refractivity contribution >= 4 is 22.6 Å². The van der Waals surface area contributed by atoms with E-state index in [1.54, 1.807) is 0 Å². The maximum absolute atomic E-state index is 3.69. The number of rotatable bonds is 6. The minimum Gasteiger partial charge on any atom is -0.316 e. The normalized spacial score (nSPS) is 32.3. The quantitative estimate of drug-likeness (QED) is 0.584. The van der Waals surface area contributed by atoms with Crippen molar-refractivity contribution in [1.29, 1.82) is 0 Å². The first-order chi connectivity index (χ1) is 9.21. The minimum atomic E-state index is 0.551. The lowest BCUT2D eigenvalue weighted by atomic mass is 9.77. The van der Waals surface area contributed by atoms with Crippen LogP contribution >= 0.6 is 22.6 Å². The molecule has 0 spiro atoms. The summed E-state index contributed by atoms with van der Waals surface area (Å²) in [6, 6.07) is 9.15. The Balaban J connectivity index is 1.67. The zero-order valence-electron chi connectivity index (χ0n) is 11.8. The largest absolute Gasteiger partial charge is 0.316 e. The molecule has 2 atom stereocenters. The van der Waals surface area contributed by atoms with Crippen molar-refractivity contribution in [2.45, 2.75) is 39.0 Å². The van der Waals surface area contributed by atoms with Crippen molar-refractivity contribution < 1.29 is 0 Å². The fourth-order valence-electron chi connectivity index (χ4n) is 3.92. The van der Waals surface area contributed by atoms with Gasteiger partial charge in [-0.3, -0.25) is 0 Å². The molecule has 2 aliphatic rings. The number of fused-ring (bicyclic) bond motifs is 1. The van der Waals surface area contributed by atoms with Gasteiger partial charge in [0.25, 0.3) is 0 Å². The Morgan fingerprint density at radius 1 is 1.21 bits per heavy atom. The summed E-state index contributed by atoms with van der Waals surface area (Å²) in [4.78, 5) is 0. The predicted molar refractivity (Wildman–Crippen MR) is 89.3 cm³/mol. The van der Waals surface area contributed by atoms with Crippen LogP contribution in [0.2, 0.25) is 0 Å². The number of halogens is 1. The van der Waals surface area contributed by atoms with Crippen LogP contribution in [0, 0.1) is 20.8 Å². The van der Waals surface area contributed by atoms with E-state index in [0.29, 0.717) is 5.41 Å². The number of nitrogens with one attached hydrogen (secondary N) is 1. The van der Waals surface area contributed by atoms with Crippen molar-refractivity contribution in [2.75, 3.05) is 13.1 Å². The van der Waals surface area contributed by atoms with Crippen LogP contribution in [-0.4, -0.2) is 13.1 Å². The van der Waals surface area contributed by atoms with Crippen molar-refractivity contribution in [1.82, 2.24) is 5.32 Å². The van der Waals surface area contributed by atoms with Gasteiger partial charge in [0.05, 0.1) is 0 Å². The van der Waals surface area contributed by atoms with E-state index in [2.05, 4.69) is 59.1 Å². The van der Waals surface area contributed by atoms with E-state index in [1.165, 1.54) is 54.3 Å². The predicted octanol–water partition coefficient (Wildman–Crippen LogP) is 4.25. The molecule has 2 saturated carbocycles. The lowest BCUT2D eigenvalue weighted by Crippen LogP contribution is -2.35. The Morgan fingerprint density at radius 2 is 1.89 bits per heavy atom. The van der Waals surface area contributed by atoms with Crippen LogP contribution in [0.15, 0.2) is 24.3 Å². The Morgan fingerprint density at radius 3 is 2.53 bits per heavy atom. The molecular formula is C17H24IN. The molecule has 1 N–H and O–H groups in total. The molecule has 0 aromatic heterocycles. The second-order valence-electron chi connectivity index (χ2n) is 6.64. The van der Waals surface area contributed by atoms with Gasteiger partial charge in [-0.2, -0.15) is 0 Å². The third-order valence-electron chi connectivity index (χ3n) is 4.88. The molecule has 0 saturated heterocycles. The standard InChI is InChI=1S/C17H24IN/c1-2-7-19-12-17(10-14-8-15(14)11-17)9-13-3-5-16(18)6-4-13/h3-6,14-15,19H,2,7-12H2,1H3. The average molecular weight is 369 g/mol. The van der Waals surface area contributed by atoms with Gasteiger partial charge in [0.15, 0.2) is 0 Å². The van der Waals surface area contributed by atoms with Gasteiger partial charge in [0, 0.05) is 10.1 Å². The first kappa shape index (κ1) is 13.9. The van der Waals surface area contributed by atoms with Gasteiger partial charge in [0.1, 0.15) is 0 Å². The van der Waals surface area contributed by atoms with E-state index < -0.39 is 0 Å². The van der Waals surface area contributed by atoms with Gasteiger partial charge in [-0.1, -0.05) is 19.1 Å². The number of hydrogen-bond acceptors (Lipinski definition) is 1. The molecular weight excluding hydrogens is 345 g/mol. The monoisotopic (exact) mass is 369 g/mol. The summed E-state index contributed by atoms with van der Waals surface area (Å²) < 4.78 is 1.34. The summed E-state index contributed by atoms with van der Waals surface area (Å²) in [6.07, 6.45) is 6.95. The topological polar surface area (TPSA) is 12.0 Å². The lowest BCUT2D eigenvalue weighted by Gasteiger charge is -2.31. The highest BCUT2D eigenvalue weighted by Gasteiger charge is 2.53. The van der Waals surface area contributed by atoms with E-state index in [4.69, 9.17) is 0 Å². The molecule has 0 amide bonds. The van der Waals surface area contributed by atoms with Crippen molar-refractivity contribution in [3.63, 3.8) is 0 Å². The van der Waals surface area contributed by atoms with Gasteiger partial charge in [-0.05, 0) is 96.2 Å². The Hall–Kier alpha value is -0.0900. The first-order valence-corrected chi connectivity index (χ1v) is 8.74. The molecule has 1 aromatic rings. The molecule has 0 bridgehead atoms. The fourth-order valence-corrected chi connectivity index (χ4v) is 4.28. The third-order valence-corrected chi connectivity index (χ3v) is 5.60. The second-order valence-corrected chi connectivity index (χ2v) is 7.89. The van der Waals surface area contributed by atoms with E-state index in [1.807, 2.05) is 0 Å². The highest BCUT2D eigenvalue weighted by Crippen LogP contribution is 2.60. The molecule has 3 rings (SSSR count). The molecule has 0 aliphatic heterocycles. The summed E-state index contributed by atoms with van der Waals surface area (Å²) >= 11 is 2.39. The average Bonchev–Trinajstić information content (AvgIpc) is 3.01. The molecule has 0 heterocycles. The van der Waals surface area contributed by atoms with E-state index in [9.17, 15) is 0 Å². The summed E-state index contributed by atoms with van der Waals surface area (Å²) in [6.45, 7) is 4.65. The van der Waals surface area contributed by atoms with Crippen LogP contribution in [-0.2, 0) is 6.42 Å². The van der Waals surface area contributed by atoms with Crippen molar-refractivity contribution in [2.24, 2.45) is 17.3 Å². The van der Waals surface area contributed by atoms with Crippen LogP contribution in [0.4, 0.5) is 0 Å². The van der Waals surface area contributed by atoms with E-state index in [-0.39, 0.29) is 0 Å². The van der Waals surface area contributed by atoms with Crippen LogP contribution in [0.5, 0.6) is 0 Å². The number of benzene rings is 1. The van der Waals surface area contributed by atoms with Crippen molar-refractivity contribution in [3.8, 4) is 0 Å².